The number of carbonyl (C=O) groups is 1. The number of carbonyl (C=O) groups excluding carboxylic acids is 1. The molecule has 1 atom stereocenters. The van der Waals surface area contributed by atoms with Crippen molar-refractivity contribution in [3.05, 3.63) is 0 Å². The SMILES string of the molecule is CC(C)N(CCCCl)C(=O)C1CCCOC1. The molecule has 0 saturated carbocycles. The van der Waals surface area contributed by atoms with Crippen molar-refractivity contribution in [3.8, 4) is 0 Å². The van der Waals surface area contributed by atoms with E-state index >= 15 is 0 Å². The van der Waals surface area contributed by atoms with E-state index in [1.807, 2.05) is 4.90 Å². The first-order valence-electron chi connectivity index (χ1n) is 6.11. The Labute approximate surface area is 103 Å². The van der Waals surface area contributed by atoms with Crippen LogP contribution in [0, 0.1) is 5.92 Å². The molecule has 0 aromatic rings. The van der Waals surface area contributed by atoms with E-state index in [-0.39, 0.29) is 17.9 Å². The van der Waals surface area contributed by atoms with Gasteiger partial charge in [0, 0.05) is 25.1 Å². The van der Waals surface area contributed by atoms with Crippen LogP contribution in [-0.4, -0.2) is 42.5 Å². The molecule has 1 unspecified atom stereocenters. The summed E-state index contributed by atoms with van der Waals surface area (Å²) in [4.78, 5) is 14.2. The molecule has 94 valence electrons. The van der Waals surface area contributed by atoms with E-state index in [1.54, 1.807) is 0 Å². The normalized spacial score (nSPS) is 21.1. The van der Waals surface area contributed by atoms with Crippen molar-refractivity contribution in [3.63, 3.8) is 0 Å². The zero-order valence-electron chi connectivity index (χ0n) is 10.2. The molecule has 1 fully saturated rings. The van der Waals surface area contributed by atoms with Gasteiger partial charge < -0.3 is 9.64 Å². The molecule has 0 bridgehead atoms. The molecule has 1 heterocycles. The molecule has 1 amide bonds. The first kappa shape index (κ1) is 13.8. The fraction of sp³-hybridized carbons (Fsp3) is 0.917. The van der Waals surface area contributed by atoms with Crippen molar-refractivity contribution < 1.29 is 9.53 Å². The summed E-state index contributed by atoms with van der Waals surface area (Å²) in [5.74, 6) is 0.906. The van der Waals surface area contributed by atoms with Gasteiger partial charge in [0.2, 0.25) is 5.91 Å². The molecule has 0 aliphatic carbocycles. The molecule has 3 nitrogen and oxygen atoms in total. The van der Waals surface area contributed by atoms with Gasteiger partial charge in [0.05, 0.1) is 12.5 Å². The van der Waals surface area contributed by atoms with E-state index in [0.717, 1.165) is 32.4 Å². The van der Waals surface area contributed by atoms with E-state index in [4.69, 9.17) is 16.3 Å². The first-order valence-corrected chi connectivity index (χ1v) is 6.64. The van der Waals surface area contributed by atoms with Crippen molar-refractivity contribution >= 4 is 17.5 Å². The highest BCUT2D eigenvalue weighted by Crippen LogP contribution is 2.18. The number of hydrogen-bond donors (Lipinski definition) is 0. The lowest BCUT2D eigenvalue weighted by molar-refractivity contribution is -0.141. The predicted octanol–water partition coefficient (Wildman–Crippen LogP) is 2.28. The van der Waals surface area contributed by atoms with Gasteiger partial charge in [-0.05, 0) is 33.1 Å². The molecule has 0 aromatic heterocycles. The highest BCUT2D eigenvalue weighted by atomic mass is 35.5. The zero-order chi connectivity index (χ0) is 12.0. The number of hydrogen-bond acceptors (Lipinski definition) is 2. The second-order valence-corrected chi connectivity index (χ2v) is 4.96. The molecule has 4 heteroatoms. The van der Waals surface area contributed by atoms with Gasteiger partial charge in [-0.1, -0.05) is 0 Å². The van der Waals surface area contributed by atoms with Gasteiger partial charge in [-0.3, -0.25) is 4.79 Å². The monoisotopic (exact) mass is 247 g/mol. The second-order valence-electron chi connectivity index (χ2n) is 4.58. The summed E-state index contributed by atoms with van der Waals surface area (Å²) < 4.78 is 5.36. The van der Waals surface area contributed by atoms with Crippen LogP contribution in [0.5, 0.6) is 0 Å². The molecule has 1 aliphatic rings. The minimum absolute atomic E-state index is 0.0616. The summed E-state index contributed by atoms with van der Waals surface area (Å²) in [6.07, 6.45) is 2.82. The minimum atomic E-state index is 0.0616. The average molecular weight is 248 g/mol. The summed E-state index contributed by atoms with van der Waals surface area (Å²) in [5, 5.41) is 0. The van der Waals surface area contributed by atoms with Crippen molar-refractivity contribution in [2.24, 2.45) is 5.92 Å². The Morgan fingerprint density at radius 3 is 2.81 bits per heavy atom. The zero-order valence-corrected chi connectivity index (χ0v) is 11.0. The Kier molecular flexibility index (Phi) is 6.14. The van der Waals surface area contributed by atoms with E-state index in [2.05, 4.69) is 13.8 Å². The molecule has 1 saturated heterocycles. The maximum atomic E-state index is 12.2. The molecule has 0 aromatic carbocycles. The number of ether oxygens (including phenoxy) is 1. The van der Waals surface area contributed by atoms with Crippen LogP contribution >= 0.6 is 11.6 Å². The number of nitrogens with zero attached hydrogens (tertiary/aromatic N) is 1. The Morgan fingerprint density at radius 1 is 1.56 bits per heavy atom. The molecule has 1 rings (SSSR count). The maximum Gasteiger partial charge on any atom is 0.228 e. The highest BCUT2D eigenvalue weighted by Gasteiger charge is 2.27. The third kappa shape index (κ3) is 3.95. The van der Waals surface area contributed by atoms with Crippen molar-refractivity contribution in [2.45, 2.75) is 39.2 Å². The standard InChI is InChI=1S/C12H22ClNO2/c1-10(2)14(7-4-6-13)12(15)11-5-3-8-16-9-11/h10-11H,3-9H2,1-2H3. The molecule has 0 radical (unpaired) electrons. The average Bonchev–Trinajstić information content (AvgIpc) is 2.30. The van der Waals surface area contributed by atoms with Crippen LogP contribution in [0.15, 0.2) is 0 Å². The van der Waals surface area contributed by atoms with E-state index < -0.39 is 0 Å². The van der Waals surface area contributed by atoms with Crippen molar-refractivity contribution in [1.29, 1.82) is 0 Å². The van der Waals surface area contributed by atoms with Crippen LogP contribution in [-0.2, 0) is 9.53 Å². The molecule has 1 aliphatic heterocycles. The van der Waals surface area contributed by atoms with E-state index in [1.165, 1.54) is 0 Å². The lowest BCUT2D eigenvalue weighted by Gasteiger charge is -2.32. The maximum absolute atomic E-state index is 12.2. The van der Waals surface area contributed by atoms with Gasteiger partial charge in [0.15, 0.2) is 0 Å². The van der Waals surface area contributed by atoms with Crippen LogP contribution in [0.25, 0.3) is 0 Å². The molecular weight excluding hydrogens is 226 g/mol. The molecule has 16 heavy (non-hydrogen) atoms. The molecule has 0 N–H and O–H groups in total. The Hall–Kier alpha value is -0.280. The third-order valence-electron chi connectivity index (χ3n) is 2.95. The number of rotatable bonds is 5. The number of amides is 1. The number of alkyl halides is 1. The van der Waals surface area contributed by atoms with Gasteiger partial charge in [0.25, 0.3) is 0 Å². The van der Waals surface area contributed by atoms with Gasteiger partial charge in [0.1, 0.15) is 0 Å². The summed E-state index contributed by atoms with van der Waals surface area (Å²) >= 11 is 5.68. The molecule has 0 spiro atoms. The minimum Gasteiger partial charge on any atom is -0.381 e. The van der Waals surface area contributed by atoms with Gasteiger partial charge in [-0.15, -0.1) is 11.6 Å². The van der Waals surface area contributed by atoms with Crippen LogP contribution in [0.1, 0.15) is 33.1 Å². The summed E-state index contributed by atoms with van der Waals surface area (Å²) in [6, 6.07) is 0.248. The highest BCUT2D eigenvalue weighted by molar-refractivity contribution is 6.17. The summed E-state index contributed by atoms with van der Waals surface area (Å²) in [7, 11) is 0. The lowest BCUT2D eigenvalue weighted by atomic mass is 10.00. The first-order chi connectivity index (χ1) is 7.66. The lowest BCUT2D eigenvalue weighted by Crippen LogP contribution is -2.43. The largest absolute Gasteiger partial charge is 0.381 e. The van der Waals surface area contributed by atoms with Crippen molar-refractivity contribution in [1.82, 2.24) is 4.90 Å². The molecular formula is C12H22ClNO2. The Morgan fingerprint density at radius 2 is 2.31 bits per heavy atom. The quantitative estimate of drug-likeness (QED) is 0.698. The topological polar surface area (TPSA) is 29.5 Å². The fourth-order valence-corrected chi connectivity index (χ4v) is 2.14. The van der Waals surface area contributed by atoms with Gasteiger partial charge in [-0.2, -0.15) is 0 Å². The van der Waals surface area contributed by atoms with E-state index in [0.29, 0.717) is 12.5 Å². The van der Waals surface area contributed by atoms with Crippen LogP contribution in [0.3, 0.4) is 0 Å². The van der Waals surface area contributed by atoms with Crippen LogP contribution < -0.4 is 0 Å². The number of halogens is 1. The van der Waals surface area contributed by atoms with Gasteiger partial charge in [-0.25, -0.2) is 0 Å². The Balaban J connectivity index is 2.51. The fourth-order valence-electron chi connectivity index (χ4n) is 2.02. The second kappa shape index (κ2) is 7.13. The van der Waals surface area contributed by atoms with E-state index in [9.17, 15) is 4.79 Å². The van der Waals surface area contributed by atoms with Crippen LogP contribution in [0.4, 0.5) is 0 Å². The summed E-state index contributed by atoms with van der Waals surface area (Å²) in [6.45, 7) is 6.25. The van der Waals surface area contributed by atoms with Crippen LogP contribution in [0.2, 0.25) is 0 Å². The van der Waals surface area contributed by atoms with Crippen molar-refractivity contribution in [2.75, 3.05) is 25.6 Å². The predicted molar refractivity (Wildman–Crippen MR) is 65.7 cm³/mol. The summed E-state index contributed by atoms with van der Waals surface area (Å²) in [5.41, 5.74) is 0. The Bertz CT molecular complexity index is 215. The smallest absolute Gasteiger partial charge is 0.228 e. The third-order valence-corrected chi connectivity index (χ3v) is 3.22. The van der Waals surface area contributed by atoms with Gasteiger partial charge >= 0.3 is 0 Å².